The van der Waals surface area contributed by atoms with Crippen LogP contribution in [-0.2, 0) is 14.1 Å². The second-order valence-electron chi connectivity index (χ2n) is 5.81. The number of nitriles is 2. The van der Waals surface area contributed by atoms with Gasteiger partial charge in [-0.05, 0) is 65.9 Å². The predicted octanol–water partition coefficient (Wildman–Crippen LogP) is 3.80. The molecule has 2 aromatic heterocycles. The van der Waals surface area contributed by atoms with Crippen LogP contribution in [0.1, 0.15) is 16.8 Å². The van der Waals surface area contributed by atoms with Crippen molar-refractivity contribution < 1.29 is 0 Å². The van der Waals surface area contributed by atoms with Crippen LogP contribution in [0.2, 0.25) is 0 Å². The van der Waals surface area contributed by atoms with Gasteiger partial charge in [0.15, 0.2) is 0 Å². The third kappa shape index (κ3) is 3.26. The maximum absolute atomic E-state index is 8.72. The Labute approximate surface area is 164 Å². The van der Waals surface area contributed by atoms with Gasteiger partial charge in [0.1, 0.15) is 3.70 Å². The van der Waals surface area contributed by atoms with Crippen LogP contribution < -0.4 is 0 Å². The van der Waals surface area contributed by atoms with E-state index in [9.17, 15) is 0 Å². The molecule has 6 nitrogen and oxygen atoms in total. The van der Waals surface area contributed by atoms with Crippen molar-refractivity contribution >= 4 is 44.4 Å². The Bertz CT molecular complexity index is 1110. The lowest BCUT2D eigenvalue weighted by Gasteiger charge is -1.93. The number of rotatable bonds is 0. The second-order valence-corrected chi connectivity index (χ2v) is 6.83. The van der Waals surface area contributed by atoms with E-state index < -0.39 is 0 Å². The highest BCUT2D eigenvalue weighted by Crippen LogP contribution is 2.20. The number of aryl methyl sites for hydroxylation is 3. The summed E-state index contributed by atoms with van der Waals surface area (Å²) in [6.07, 6.45) is 0. The first-order chi connectivity index (χ1) is 12.4. The predicted molar refractivity (Wildman–Crippen MR) is 108 cm³/mol. The van der Waals surface area contributed by atoms with Crippen LogP contribution in [0.15, 0.2) is 36.4 Å². The third-order valence-corrected chi connectivity index (χ3v) is 4.90. The monoisotopic (exact) mass is 454 g/mol. The average Bonchev–Trinajstić information content (AvgIpc) is 3.10. The molecule has 4 aromatic rings. The smallest absolute Gasteiger partial charge is 0.131 e. The van der Waals surface area contributed by atoms with E-state index in [0.717, 1.165) is 31.2 Å². The summed E-state index contributed by atoms with van der Waals surface area (Å²) in [5.41, 5.74) is 4.46. The Morgan fingerprint density at radius 3 is 1.92 bits per heavy atom. The first kappa shape index (κ1) is 17.9. The molecular weight excluding hydrogens is 439 g/mol. The number of nitrogens with zero attached hydrogens (tertiary/aromatic N) is 6. The highest BCUT2D eigenvalue weighted by molar-refractivity contribution is 14.1. The van der Waals surface area contributed by atoms with Gasteiger partial charge < -0.3 is 0 Å². The zero-order valence-corrected chi connectivity index (χ0v) is 16.7. The van der Waals surface area contributed by atoms with Crippen molar-refractivity contribution in [3.05, 3.63) is 56.9 Å². The van der Waals surface area contributed by atoms with Crippen molar-refractivity contribution in [1.82, 2.24) is 19.6 Å². The largest absolute Gasteiger partial charge is 0.268 e. The van der Waals surface area contributed by atoms with E-state index in [-0.39, 0.29) is 0 Å². The molecule has 0 fully saturated rings. The molecule has 0 spiro atoms. The summed E-state index contributed by atoms with van der Waals surface area (Å²) in [7, 11) is 3.80. The molecule has 0 unspecified atom stereocenters. The van der Waals surface area contributed by atoms with Crippen molar-refractivity contribution in [2.45, 2.75) is 6.92 Å². The number of hydrogen-bond acceptors (Lipinski definition) is 4. The summed E-state index contributed by atoms with van der Waals surface area (Å²) in [6, 6.07) is 15.4. The van der Waals surface area contributed by atoms with Crippen LogP contribution in [0.3, 0.4) is 0 Å². The Balaban J connectivity index is 0.000000151. The first-order valence-electron chi connectivity index (χ1n) is 7.80. The van der Waals surface area contributed by atoms with Crippen molar-refractivity contribution in [3.63, 3.8) is 0 Å². The number of hydrogen-bond donors (Lipinski definition) is 0. The van der Waals surface area contributed by atoms with Gasteiger partial charge in [-0.1, -0.05) is 0 Å². The summed E-state index contributed by atoms with van der Waals surface area (Å²) in [6.45, 7) is 1.95. The fourth-order valence-corrected chi connectivity index (χ4v) is 3.56. The van der Waals surface area contributed by atoms with Crippen LogP contribution in [0.4, 0.5) is 0 Å². The number of halogens is 1. The molecule has 0 saturated heterocycles. The first-order valence-corrected chi connectivity index (χ1v) is 8.88. The molecule has 2 heterocycles. The fraction of sp³-hybridized carbons (Fsp3) is 0.158. The molecule has 128 valence electrons. The molecule has 0 N–H and O–H groups in total. The van der Waals surface area contributed by atoms with Crippen LogP contribution >= 0.6 is 22.6 Å². The Hall–Kier alpha value is -2.91. The van der Waals surface area contributed by atoms with Crippen molar-refractivity contribution in [2.24, 2.45) is 14.1 Å². The van der Waals surface area contributed by atoms with Gasteiger partial charge >= 0.3 is 0 Å². The van der Waals surface area contributed by atoms with Gasteiger partial charge in [-0.3, -0.25) is 9.36 Å². The highest BCUT2D eigenvalue weighted by Gasteiger charge is 2.06. The Kier molecular flexibility index (Phi) is 4.92. The summed E-state index contributed by atoms with van der Waals surface area (Å²) in [5, 5.41) is 28.1. The number of benzene rings is 2. The number of aromatic nitrogens is 4. The molecule has 0 saturated carbocycles. The summed E-state index contributed by atoms with van der Waals surface area (Å²) in [5.74, 6) is 0. The van der Waals surface area contributed by atoms with E-state index in [4.69, 9.17) is 10.5 Å². The average molecular weight is 454 g/mol. The van der Waals surface area contributed by atoms with E-state index in [0.29, 0.717) is 11.1 Å². The molecule has 4 rings (SSSR count). The lowest BCUT2D eigenvalue weighted by atomic mass is 10.1. The normalized spacial score (nSPS) is 10.2. The zero-order valence-electron chi connectivity index (χ0n) is 14.5. The maximum Gasteiger partial charge on any atom is 0.131 e. The summed E-state index contributed by atoms with van der Waals surface area (Å²) >= 11 is 2.17. The van der Waals surface area contributed by atoms with Crippen LogP contribution in [0.25, 0.3) is 21.8 Å². The molecule has 26 heavy (non-hydrogen) atoms. The quantitative estimate of drug-likeness (QED) is 0.379. The minimum Gasteiger partial charge on any atom is -0.268 e. The van der Waals surface area contributed by atoms with Crippen LogP contribution in [0.5, 0.6) is 0 Å². The minimum absolute atomic E-state index is 0.679. The third-order valence-electron chi connectivity index (χ3n) is 4.10. The van der Waals surface area contributed by atoms with Crippen molar-refractivity contribution in [3.8, 4) is 12.1 Å². The fourth-order valence-electron chi connectivity index (χ4n) is 2.80. The Morgan fingerprint density at radius 1 is 0.846 bits per heavy atom. The number of fused-ring (bicyclic) bond motifs is 2. The molecule has 0 aliphatic heterocycles. The molecule has 0 radical (unpaired) electrons. The standard InChI is InChI=1S/C10H9N3.C9H6IN3/c1-7-9-5-8(6-11)3-4-10(9)13(2)12-7;1-13-8-3-2-6(5-11)4-7(8)9(10)12-13/h3-5H,1-2H3;2-4H,1H3. The van der Waals surface area contributed by atoms with Crippen LogP contribution in [0, 0.1) is 33.3 Å². The molecule has 2 aromatic carbocycles. The van der Waals surface area contributed by atoms with Gasteiger partial charge in [0.05, 0.1) is 40.0 Å². The molecule has 0 amide bonds. The topological polar surface area (TPSA) is 83.2 Å². The van der Waals surface area contributed by atoms with Crippen molar-refractivity contribution in [1.29, 1.82) is 10.5 Å². The molecular formula is C19H15IN6. The van der Waals surface area contributed by atoms with E-state index in [2.05, 4.69) is 44.9 Å². The molecule has 0 bridgehead atoms. The molecule has 0 aliphatic rings. The van der Waals surface area contributed by atoms with Crippen LogP contribution in [-0.4, -0.2) is 19.6 Å². The minimum atomic E-state index is 0.679. The maximum atomic E-state index is 8.72. The van der Waals surface area contributed by atoms with E-state index >= 15 is 0 Å². The van der Waals surface area contributed by atoms with Gasteiger partial charge in [-0.2, -0.15) is 20.7 Å². The Morgan fingerprint density at radius 2 is 1.35 bits per heavy atom. The van der Waals surface area contributed by atoms with Crippen molar-refractivity contribution in [2.75, 3.05) is 0 Å². The van der Waals surface area contributed by atoms with Gasteiger partial charge in [-0.15, -0.1) is 0 Å². The molecule has 7 heteroatoms. The van der Waals surface area contributed by atoms with E-state index in [1.165, 1.54) is 0 Å². The van der Waals surface area contributed by atoms with Gasteiger partial charge in [0.25, 0.3) is 0 Å². The zero-order chi connectivity index (χ0) is 18.8. The summed E-state index contributed by atoms with van der Waals surface area (Å²) in [4.78, 5) is 0. The molecule has 0 atom stereocenters. The van der Waals surface area contributed by atoms with Gasteiger partial charge in [-0.25, -0.2) is 0 Å². The lowest BCUT2D eigenvalue weighted by molar-refractivity contribution is 0.783. The SMILES string of the molecule is Cc1nn(C)c2ccc(C#N)cc12.Cn1nc(I)c2cc(C#N)ccc21. The summed E-state index contributed by atoms with van der Waals surface area (Å²) < 4.78 is 4.58. The van der Waals surface area contributed by atoms with Gasteiger partial charge in [0.2, 0.25) is 0 Å². The lowest BCUT2D eigenvalue weighted by Crippen LogP contribution is -1.88. The second kappa shape index (κ2) is 7.14. The van der Waals surface area contributed by atoms with E-state index in [1.54, 1.807) is 6.07 Å². The molecule has 0 aliphatic carbocycles. The highest BCUT2D eigenvalue weighted by atomic mass is 127. The van der Waals surface area contributed by atoms with Gasteiger partial charge in [0, 0.05) is 24.9 Å². The van der Waals surface area contributed by atoms with E-state index in [1.807, 2.05) is 60.7 Å².